The average Bonchev–Trinajstić information content (AvgIpc) is 3.07. The van der Waals surface area contributed by atoms with Crippen molar-refractivity contribution in [3.05, 3.63) is 63.6 Å². The molecule has 0 saturated heterocycles. The molecule has 0 aliphatic heterocycles. The maximum atomic E-state index is 12.0. The zero-order valence-electron chi connectivity index (χ0n) is 14.2. The Hall–Kier alpha value is -1.80. The lowest BCUT2D eigenvalue weighted by Crippen LogP contribution is -2.20. The van der Waals surface area contributed by atoms with Crippen LogP contribution in [0.4, 0.5) is 5.13 Å². The summed E-state index contributed by atoms with van der Waals surface area (Å²) in [6, 6.07) is 13.0. The first-order chi connectivity index (χ1) is 13.0. The van der Waals surface area contributed by atoms with E-state index in [1.165, 1.54) is 22.5 Å². The van der Waals surface area contributed by atoms with Gasteiger partial charge in [0.1, 0.15) is 5.75 Å². The monoisotopic (exact) mass is 439 g/mol. The number of carbonyl (C=O) groups excluding carboxylic acids is 1. The third-order valence-corrected chi connectivity index (χ3v) is 6.07. The number of hydrogen-bond acceptors (Lipinski definition) is 6. The summed E-state index contributed by atoms with van der Waals surface area (Å²) in [5.41, 5.74) is 2.48. The van der Waals surface area contributed by atoms with Gasteiger partial charge in [-0.25, -0.2) is 0 Å². The zero-order chi connectivity index (χ0) is 19.2. The van der Waals surface area contributed by atoms with Crippen molar-refractivity contribution in [3.63, 3.8) is 0 Å². The minimum Gasteiger partial charge on any atom is -0.482 e. The van der Waals surface area contributed by atoms with Gasteiger partial charge in [-0.05, 0) is 36.2 Å². The predicted molar refractivity (Wildman–Crippen MR) is 111 cm³/mol. The number of nitrogens with zero attached hydrogens (tertiary/aromatic N) is 2. The Balaban J connectivity index is 1.49. The molecule has 27 heavy (non-hydrogen) atoms. The van der Waals surface area contributed by atoms with Crippen LogP contribution in [0.1, 0.15) is 11.1 Å². The van der Waals surface area contributed by atoms with Crippen LogP contribution >= 0.6 is 46.3 Å². The number of benzene rings is 2. The molecule has 0 saturated carbocycles. The molecule has 0 atom stereocenters. The summed E-state index contributed by atoms with van der Waals surface area (Å²) in [7, 11) is 0. The summed E-state index contributed by atoms with van der Waals surface area (Å²) in [5.74, 6) is 0.850. The summed E-state index contributed by atoms with van der Waals surface area (Å²) >= 11 is 14.7. The molecule has 0 aliphatic carbocycles. The standard InChI is InChI=1S/C18H15Cl2N3O2S2/c1-11-4-2-3-5-12(11)10-26-18-23-22-17(27-18)21-16(24)9-25-15-7-6-13(19)8-14(15)20/h2-8H,9-10H2,1H3,(H,21,22,24). The van der Waals surface area contributed by atoms with Gasteiger partial charge in [0.15, 0.2) is 10.9 Å². The second-order valence-electron chi connectivity index (χ2n) is 5.50. The molecule has 1 amide bonds. The highest BCUT2D eigenvalue weighted by atomic mass is 35.5. The second kappa shape index (κ2) is 9.41. The van der Waals surface area contributed by atoms with E-state index in [4.69, 9.17) is 27.9 Å². The first-order valence-electron chi connectivity index (χ1n) is 7.90. The molecule has 0 aliphatic rings. The Morgan fingerprint density at radius 1 is 1.22 bits per heavy atom. The zero-order valence-corrected chi connectivity index (χ0v) is 17.4. The van der Waals surface area contributed by atoms with Crippen molar-refractivity contribution in [2.45, 2.75) is 17.0 Å². The number of amides is 1. The van der Waals surface area contributed by atoms with Gasteiger partial charge in [-0.3, -0.25) is 10.1 Å². The van der Waals surface area contributed by atoms with Crippen LogP contribution in [-0.4, -0.2) is 22.7 Å². The van der Waals surface area contributed by atoms with Crippen LogP contribution in [0.15, 0.2) is 46.8 Å². The van der Waals surface area contributed by atoms with Gasteiger partial charge in [-0.1, -0.05) is 70.6 Å². The molecule has 1 N–H and O–H groups in total. The van der Waals surface area contributed by atoms with Crippen LogP contribution in [0.25, 0.3) is 0 Å². The maximum Gasteiger partial charge on any atom is 0.264 e. The fourth-order valence-electron chi connectivity index (χ4n) is 2.12. The largest absolute Gasteiger partial charge is 0.482 e. The fourth-order valence-corrected chi connectivity index (χ4v) is 4.43. The molecular weight excluding hydrogens is 425 g/mol. The lowest BCUT2D eigenvalue weighted by molar-refractivity contribution is -0.118. The van der Waals surface area contributed by atoms with E-state index in [1.807, 2.05) is 12.1 Å². The predicted octanol–water partition coefficient (Wildman–Crippen LogP) is 5.46. The number of rotatable bonds is 7. The Morgan fingerprint density at radius 2 is 2.04 bits per heavy atom. The molecule has 9 heteroatoms. The molecule has 0 radical (unpaired) electrons. The Kier molecular flexibility index (Phi) is 6.95. The Morgan fingerprint density at radius 3 is 2.81 bits per heavy atom. The lowest BCUT2D eigenvalue weighted by Gasteiger charge is -2.07. The number of aromatic nitrogens is 2. The van der Waals surface area contributed by atoms with Gasteiger partial charge >= 0.3 is 0 Å². The van der Waals surface area contributed by atoms with Crippen LogP contribution in [-0.2, 0) is 10.5 Å². The maximum absolute atomic E-state index is 12.0. The van der Waals surface area contributed by atoms with Crippen molar-refractivity contribution in [2.75, 3.05) is 11.9 Å². The molecule has 1 heterocycles. The molecule has 3 aromatic rings. The molecular formula is C18H15Cl2N3O2S2. The highest BCUT2D eigenvalue weighted by Gasteiger charge is 2.11. The van der Waals surface area contributed by atoms with Gasteiger partial charge in [0, 0.05) is 10.8 Å². The number of aryl methyl sites for hydroxylation is 1. The molecule has 140 valence electrons. The van der Waals surface area contributed by atoms with Gasteiger partial charge in [0.05, 0.1) is 5.02 Å². The van der Waals surface area contributed by atoms with E-state index in [2.05, 4.69) is 34.6 Å². The van der Waals surface area contributed by atoms with E-state index < -0.39 is 0 Å². The van der Waals surface area contributed by atoms with Gasteiger partial charge in [-0.2, -0.15) is 0 Å². The van der Waals surface area contributed by atoms with Gasteiger partial charge < -0.3 is 4.74 Å². The number of halogens is 2. The van der Waals surface area contributed by atoms with E-state index in [-0.39, 0.29) is 12.5 Å². The Labute approximate surface area is 175 Å². The average molecular weight is 440 g/mol. The summed E-state index contributed by atoms with van der Waals surface area (Å²) in [5, 5.41) is 12.0. The van der Waals surface area contributed by atoms with Crippen LogP contribution in [0.2, 0.25) is 10.0 Å². The van der Waals surface area contributed by atoms with Crippen LogP contribution < -0.4 is 10.1 Å². The van der Waals surface area contributed by atoms with Crippen LogP contribution in [0.5, 0.6) is 5.75 Å². The van der Waals surface area contributed by atoms with Crippen molar-refractivity contribution in [1.82, 2.24) is 10.2 Å². The summed E-state index contributed by atoms with van der Waals surface area (Å²) in [6.07, 6.45) is 0. The highest BCUT2D eigenvalue weighted by Crippen LogP contribution is 2.29. The third kappa shape index (κ3) is 5.84. The van der Waals surface area contributed by atoms with Crippen molar-refractivity contribution in [3.8, 4) is 5.75 Å². The van der Waals surface area contributed by atoms with E-state index in [0.29, 0.717) is 20.9 Å². The van der Waals surface area contributed by atoms with Gasteiger partial charge in [-0.15, -0.1) is 10.2 Å². The molecule has 5 nitrogen and oxygen atoms in total. The molecule has 0 unspecified atom stereocenters. The topological polar surface area (TPSA) is 64.1 Å². The van der Waals surface area contributed by atoms with E-state index >= 15 is 0 Å². The smallest absolute Gasteiger partial charge is 0.264 e. The highest BCUT2D eigenvalue weighted by molar-refractivity contribution is 8.00. The molecule has 0 spiro atoms. The van der Waals surface area contributed by atoms with E-state index in [0.717, 1.165) is 10.1 Å². The molecule has 1 aromatic heterocycles. The lowest BCUT2D eigenvalue weighted by atomic mass is 10.1. The van der Waals surface area contributed by atoms with Crippen LogP contribution in [0, 0.1) is 6.92 Å². The van der Waals surface area contributed by atoms with Crippen molar-refractivity contribution in [1.29, 1.82) is 0 Å². The van der Waals surface area contributed by atoms with Gasteiger partial charge in [0.2, 0.25) is 5.13 Å². The normalized spacial score (nSPS) is 10.6. The molecule has 3 rings (SSSR count). The van der Waals surface area contributed by atoms with Crippen molar-refractivity contribution in [2.24, 2.45) is 0 Å². The minimum absolute atomic E-state index is 0.188. The molecule has 0 fully saturated rings. The van der Waals surface area contributed by atoms with E-state index in [1.54, 1.807) is 30.0 Å². The first-order valence-corrected chi connectivity index (χ1v) is 10.5. The summed E-state index contributed by atoms with van der Waals surface area (Å²) in [6.45, 7) is 1.89. The number of ether oxygens (including phenoxy) is 1. The first kappa shape index (κ1) is 19.9. The van der Waals surface area contributed by atoms with Crippen molar-refractivity contribution >= 4 is 57.3 Å². The van der Waals surface area contributed by atoms with Crippen molar-refractivity contribution < 1.29 is 9.53 Å². The number of hydrogen-bond donors (Lipinski definition) is 1. The number of nitrogens with one attached hydrogen (secondary N) is 1. The Bertz CT molecular complexity index is 950. The number of carbonyl (C=O) groups is 1. The summed E-state index contributed by atoms with van der Waals surface area (Å²) in [4.78, 5) is 12.0. The SMILES string of the molecule is Cc1ccccc1CSc1nnc(NC(=O)COc2ccc(Cl)cc2Cl)s1. The quantitative estimate of drug-likeness (QED) is 0.390. The number of anilines is 1. The van der Waals surface area contributed by atoms with E-state index in [9.17, 15) is 4.79 Å². The number of thioether (sulfide) groups is 1. The second-order valence-corrected chi connectivity index (χ2v) is 8.54. The third-order valence-electron chi connectivity index (χ3n) is 3.52. The van der Waals surface area contributed by atoms with Crippen LogP contribution in [0.3, 0.4) is 0 Å². The molecule has 0 bridgehead atoms. The van der Waals surface area contributed by atoms with Gasteiger partial charge in [0.25, 0.3) is 5.91 Å². The minimum atomic E-state index is -0.340. The molecule has 2 aromatic carbocycles. The fraction of sp³-hybridized carbons (Fsp3) is 0.167. The summed E-state index contributed by atoms with van der Waals surface area (Å²) < 4.78 is 6.19.